The first kappa shape index (κ1) is 26.6. The molecule has 1 fully saturated rings. The molecule has 4 rings (SSSR count). The molecule has 8 nitrogen and oxygen atoms in total. The average molecular weight is 536 g/mol. The number of sulfone groups is 1. The maximum Gasteiger partial charge on any atom is 0.229 e. The normalized spacial score (nSPS) is 15.8. The van der Waals surface area contributed by atoms with E-state index in [1.54, 1.807) is 6.92 Å². The minimum absolute atomic E-state index is 0.0489. The van der Waals surface area contributed by atoms with Crippen LogP contribution in [0.2, 0.25) is 0 Å². The Morgan fingerprint density at radius 2 is 1.70 bits per heavy atom. The van der Waals surface area contributed by atoms with Crippen LogP contribution in [0.25, 0.3) is 0 Å². The lowest BCUT2D eigenvalue weighted by molar-refractivity contribution is -0.113. The number of carbonyl (C=O) groups excluding carboxylic acids is 1. The van der Waals surface area contributed by atoms with Crippen molar-refractivity contribution in [2.75, 3.05) is 19.3 Å². The Hall–Kier alpha value is -3.51. The molecule has 0 N–H and O–H groups in total. The Balaban J connectivity index is 1.41. The summed E-state index contributed by atoms with van der Waals surface area (Å²) in [7, 11) is -3.57. The number of ether oxygens (including phenoxy) is 2. The highest BCUT2D eigenvalue weighted by Gasteiger charge is 2.28. The summed E-state index contributed by atoms with van der Waals surface area (Å²) in [6.45, 7) is 2.59. The second-order valence-electron chi connectivity index (χ2n) is 8.68. The second-order valence-corrected chi connectivity index (χ2v) is 10.7. The summed E-state index contributed by atoms with van der Waals surface area (Å²) in [5.41, 5.74) is 0.794. The van der Waals surface area contributed by atoms with Crippen molar-refractivity contribution in [3.63, 3.8) is 0 Å². The van der Waals surface area contributed by atoms with Gasteiger partial charge in [0, 0.05) is 19.3 Å². The predicted molar refractivity (Wildman–Crippen MR) is 127 cm³/mol. The van der Waals surface area contributed by atoms with Gasteiger partial charge in [-0.15, -0.1) is 0 Å². The van der Waals surface area contributed by atoms with Crippen LogP contribution in [0, 0.1) is 24.4 Å². The third kappa shape index (κ3) is 6.08. The Bertz CT molecular complexity index is 1410. The maximum absolute atomic E-state index is 14.4. The van der Waals surface area contributed by atoms with Crippen molar-refractivity contribution >= 4 is 16.1 Å². The van der Waals surface area contributed by atoms with Crippen LogP contribution in [-0.4, -0.2) is 55.0 Å². The zero-order chi connectivity index (χ0) is 26.7. The fourth-order valence-electron chi connectivity index (χ4n) is 4.04. The summed E-state index contributed by atoms with van der Waals surface area (Å²) in [4.78, 5) is 21.6. The highest BCUT2D eigenvalue weighted by atomic mass is 32.2. The Kier molecular flexibility index (Phi) is 7.79. The number of rotatable bonds is 8. The van der Waals surface area contributed by atoms with E-state index >= 15 is 0 Å². The minimum Gasteiger partial charge on any atom is -0.474 e. The molecule has 2 aromatic carbocycles. The summed E-state index contributed by atoms with van der Waals surface area (Å²) in [5.74, 6) is -2.76. The van der Waals surface area contributed by atoms with Crippen molar-refractivity contribution in [2.45, 2.75) is 36.8 Å². The lowest BCUT2D eigenvalue weighted by Gasteiger charge is -2.35. The number of halogens is 3. The lowest BCUT2D eigenvalue weighted by Crippen LogP contribution is -2.41. The monoisotopic (exact) mass is 535 g/mol. The summed E-state index contributed by atoms with van der Waals surface area (Å²) in [6, 6.07) is 6.03. The number of hydrogen-bond donors (Lipinski definition) is 0. The van der Waals surface area contributed by atoms with Crippen LogP contribution in [0.1, 0.15) is 30.0 Å². The van der Waals surface area contributed by atoms with Gasteiger partial charge in [-0.3, -0.25) is 4.90 Å². The van der Waals surface area contributed by atoms with Crippen molar-refractivity contribution in [3.8, 4) is 17.5 Å². The molecular weight excluding hydrogens is 511 g/mol. The van der Waals surface area contributed by atoms with E-state index in [2.05, 4.69) is 9.97 Å². The molecule has 0 bridgehead atoms. The molecule has 0 radical (unpaired) electrons. The van der Waals surface area contributed by atoms with E-state index in [1.165, 1.54) is 24.5 Å². The van der Waals surface area contributed by atoms with Gasteiger partial charge in [0.1, 0.15) is 18.7 Å². The molecule has 1 aliphatic rings. The van der Waals surface area contributed by atoms with Crippen LogP contribution in [-0.2, 0) is 14.6 Å². The zero-order valence-electron chi connectivity index (χ0n) is 20.0. The number of carbonyl (C=O) groups is 1. The van der Waals surface area contributed by atoms with Crippen molar-refractivity contribution in [1.82, 2.24) is 14.9 Å². The molecule has 0 saturated carbocycles. The number of piperidine rings is 1. The van der Waals surface area contributed by atoms with E-state index in [-0.39, 0.29) is 28.5 Å². The first-order chi connectivity index (χ1) is 17.6. The van der Waals surface area contributed by atoms with Crippen LogP contribution >= 0.6 is 0 Å². The molecule has 37 heavy (non-hydrogen) atoms. The van der Waals surface area contributed by atoms with Gasteiger partial charge in [-0.2, -0.15) is 0 Å². The predicted octanol–water partition coefficient (Wildman–Crippen LogP) is 4.18. The number of likely N-dealkylation sites (tertiary alicyclic amines) is 1. The number of nitrogens with zero attached hydrogens (tertiary/aromatic N) is 3. The highest BCUT2D eigenvalue weighted by molar-refractivity contribution is 7.90. The topological polar surface area (TPSA) is 98.7 Å². The molecule has 1 aromatic heterocycles. The minimum atomic E-state index is -3.57. The van der Waals surface area contributed by atoms with E-state index in [4.69, 9.17) is 9.47 Å². The average Bonchev–Trinajstić information content (AvgIpc) is 2.85. The van der Waals surface area contributed by atoms with Crippen molar-refractivity contribution < 1.29 is 35.9 Å². The van der Waals surface area contributed by atoms with Crippen LogP contribution in [0.15, 0.2) is 47.6 Å². The summed E-state index contributed by atoms with van der Waals surface area (Å²) in [6.07, 6.45) is 3.71. The molecule has 1 aliphatic heterocycles. The summed E-state index contributed by atoms with van der Waals surface area (Å²) >= 11 is 0. The van der Waals surface area contributed by atoms with Crippen molar-refractivity contribution in [2.24, 2.45) is 0 Å². The summed E-state index contributed by atoms with van der Waals surface area (Å²) in [5, 5.41) is 0. The maximum atomic E-state index is 14.4. The molecule has 1 saturated heterocycles. The van der Waals surface area contributed by atoms with E-state index in [1.807, 2.05) is 4.90 Å². The van der Waals surface area contributed by atoms with E-state index < -0.39 is 33.3 Å². The lowest BCUT2D eigenvalue weighted by atomic mass is 10.0. The first-order valence-corrected chi connectivity index (χ1v) is 13.3. The van der Waals surface area contributed by atoms with Gasteiger partial charge in [0.25, 0.3) is 0 Å². The van der Waals surface area contributed by atoms with Crippen LogP contribution in [0.4, 0.5) is 13.2 Å². The van der Waals surface area contributed by atoms with Gasteiger partial charge >= 0.3 is 0 Å². The van der Waals surface area contributed by atoms with Crippen molar-refractivity contribution in [3.05, 3.63) is 71.3 Å². The van der Waals surface area contributed by atoms with Crippen LogP contribution in [0.3, 0.4) is 0 Å². The van der Waals surface area contributed by atoms with Gasteiger partial charge < -0.3 is 14.3 Å². The molecule has 12 heteroatoms. The number of aldehydes is 1. The molecule has 3 aromatic rings. The second kappa shape index (κ2) is 10.9. The molecule has 196 valence electrons. The fraction of sp³-hybridized carbons (Fsp3) is 0.320. The molecule has 2 heterocycles. The first-order valence-electron chi connectivity index (χ1n) is 11.4. The fourth-order valence-corrected chi connectivity index (χ4v) is 4.67. The Morgan fingerprint density at radius 3 is 2.32 bits per heavy atom. The van der Waals surface area contributed by atoms with Crippen LogP contribution in [0.5, 0.6) is 17.5 Å². The third-order valence-corrected chi connectivity index (χ3v) is 7.20. The van der Waals surface area contributed by atoms with Gasteiger partial charge in [0.05, 0.1) is 16.5 Å². The molecular formula is C25H24F3N3O5S. The molecule has 1 unspecified atom stereocenters. The third-order valence-electron chi connectivity index (χ3n) is 6.09. The molecule has 0 amide bonds. The van der Waals surface area contributed by atoms with E-state index in [0.29, 0.717) is 43.3 Å². The smallest absolute Gasteiger partial charge is 0.229 e. The number of aromatic nitrogens is 2. The summed E-state index contributed by atoms with van der Waals surface area (Å²) < 4.78 is 76.2. The zero-order valence-corrected chi connectivity index (χ0v) is 20.8. The number of benzene rings is 2. The SMILES string of the molecule is Cc1c(Oc2ccc(S(C)(=O)=O)cc2F)ncnc1OC1CCN(C(C=O)c2ccc(F)c(F)c2)CC1. The van der Waals surface area contributed by atoms with Gasteiger partial charge in [-0.1, -0.05) is 6.07 Å². The van der Waals surface area contributed by atoms with E-state index in [9.17, 15) is 26.4 Å². The van der Waals surface area contributed by atoms with Gasteiger partial charge in [0.15, 0.2) is 33.0 Å². The molecule has 0 spiro atoms. The molecule has 1 atom stereocenters. The van der Waals surface area contributed by atoms with Gasteiger partial charge in [-0.25, -0.2) is 31.6 Å². The highest BCUT2D eigenvalue weighted by Crippen LogP contribution is 2.32. The van der Waals surface area contributed by atoms with Crippen LogP contribution < -0.4 is 9.47 Å². The Labute approximate surface area is 212 Å². The largest absolute Gasteiger partial charge is 0.474 e. The Morgan fingerprint density at radius 1 is 1.00 bits per heavy atom. The quantitative estimate of drug-likeness (QED) is 0.396. The molecule has 0 aliphatic carbocycles. The van der Waals surface area contributed by atoms with E-state index in [0.717, 1.165) is 24.5 Å². The van der Waals surface area contributed by atoms with Crippen molar-refractivity contribution in [1.29, 1.82) is 0 Å². The van der Waals surface area contributed by atoms with Gasteiger partial charge in [-0.05, 0) is 55.7 Å². The number of hydrogen-bond acceptors (Lipinski definition) is 8. The standard InChI is InChI=1S/C25H24F3N3O5S/c1-15-24(29-14-30-25(15)36-23-6-4-18(12-21(23)28)37(2,33)34)35-17-7-9-31(10-8-17)22(13-32)16-3-5-19(26)20(27)11-16/h3-6,11-14,17,22H,7-10H2,1-2H3. The van der Waals surface area contributed by atoms with Gasteiger partial charge in [0.2, 0.25) is 11.8 Å².